The van der Waals surface area contributed by atoms with Gasteiger partial charge in [0.15, 0.2) is 0 Å². The Kier molecular flexibility index (Phi) is 1.45. The van der Waals surface area contributed by atoms with Crippen LogP contribution in [0.1, 0.15) is 19.8 Å². The van der Waals surface area contributed by atoms with Crippen LogP contribution in [0, 0.1) is 0 Å². The minimum atomic E-state index is -0.114. The maximum absolute atomic E-state index is 10.7. The van der Waals surface area contributed by atoms with E-state index in [4.69, 9.17) is 5.73 Å². The molecule has 52 valence electrons. The Hall–Kier alpha value is -0.570. The van der Waals surface area contributed by atoms with Gasteiger partial charge in [0.2, 0.25) is 5.91 Å². The molecule has 0 aromatic rings. The van der Waals surface area contributed by atoms with Crippen LogP contribution in [-0.4, -0.2) is 18.0 Å². The van der Waals surface area contributed by atoms with E-state index in [2.05, 4.69) is 5.32 Å². The van der Waals surface area contributed by atoms with E-state index in [1.54, 1.807) is 0 Å². The molecule has 0 spiro atoms. The molecule has 1 fully saturated rings. The molecule has 1 heterocycles. The molecule has 1 rings (SSSR count). The van der Waals surface area contributed by atoms with Crippen molar-refractivity contribution in [3.8, 4) is 0 Å². The van der Waals surface area contributed by atoms with Gasteiger partial charge in [-0.15, -0.1) is 0 Å². The quantitative estimate of drug-likeness (QED) is 0.505. The summed E-state index contributed by atoms with van der Waals surface area (Å²) in [6, 6.07) is 0. The smallest absolute Gasteiger partial charge is 0.220 e. The van der Waals surface area contributed by atoms with Crippen LogP contribution in [0.2, 0.25) is 0 Å². The highest BCUT2D eigenvalue weighted by molar-refractivity contribution is 5.79. The first-order valence-corrected chi connectivity index (χ1v) is 3.17. The summed E-state index contributed by atoms with van der Waals surface area (Å²) in [4.78, 5) is 10.7. The first kappa shape index (κ1) is 6.55. The van der Waals surface area contributed by atoms with Gasteiger partial charge in [0.25, 0.3) is 0 Å². The summed E-state index contributed by atoms with van der Waals surface area (Å²) in [7, 11) is 0. The standard InChI is InChI=1S/C6H12N2O/c1-6(4-7)3-2-5(9)8-6/h2-4,7H2,1H3,(H,8,9)/t6-/m0/s1. The summed E-state index contributed by atoms with van der Waals surface area (Å²) in [6.45, 7) is 2.51. The third-order valence-electron chi connectivity index (χ3n) is 1.80. The molecular weight excluding hydrogens is 116 g/mol. The molecule has 9 heavy (non-hydrogen) atoms. The number of hydrogen-bond donors (Lipinski definition) is 2. The van der Waals surface area contributed by atoms with Gasteiger partial charge in [0, 0.05) is 18.5 Å². The lowest BCUT2D eigenvalue weighted by Crippen LogP contribution is -2.44. The Morgan fingerprint density at radius 2 is 2.56 bits per heavy atom. The van der Waals surface area contributed by atoms with Crippen LogP contribution in [0.15, 0.2) is 0 Å². The third kappa shape index (κ3) is 1.21. The topological polar surface area (TPSA) is 55.1 Å². The first-order chi connectivity index (χ1) is 4.16. The van der Waals surface area contributed by atoms with E-state index in [0.717, 1.165) is 6.42 Å². The molecule has 0 bridgehead atoms. The molecule has 1 atom stereocenters. The highest BCUT2D eigenvalue weighted by atomic mass is 16.2. The van der Waals surface area contributed by atoms with Gasteiger partial charge in [-0.25, -0.2) is 0 Å². The molecule has 1 saturated heterocycles. The van der Waals surface area contributed by atoms with Gasteiger partial charge < -0.3 is 11.1 Å². The van der Waals surface area contributed by atoms with Crippen molar-refractivity contribution in [2.45, 2.75) is 25.3 Å². The van der Waals surface area contributed by atoms with Crippen molar-refractivity contribution in [3.05, 3.63) is 0 Å². The zero-order chi connectivity index (χ0) is 6.91. The highest BCUT2D eigenvalue weighted by Crippen LogP contribution is 2.16. The number of hydrogen-bond acceptors (Lipinski definition) is 2. The van der Waals surface area contributed by atoms with Crippen LogP contribution in [0.4, 0.5) is 0 Å². The van der Waals surface area contributed by atoms with Crippen molar-refractivity contribution >= 4 is 5.91 Å². The van der Waals surface area contributed by atoms with Gasteiger partial charge >= 0.3 is 0 Å². The van der Waals surface area contributed by atoms with E-state index >= 15 is 0 Å². The number of nitrogens with one attached hydrogen (secondary N) is 1. The molecule has 1 aliphatic heterocycles. The van der Waals surface area contributed by atoms with Gasteiger partial charge in [-0.1, -0.05) is 0 Å². The van der Waals surface area contributed by atoms with Gasteiger partial charge in [0.1, 0.15) is 0 Å². The van der Waals surface area contributed by atoms with E-state index in [-0.39, 0.29) is 11.4 Å². The molecule has 1 aliphatic rings. The minimum Gasteiger partial charge on any atom is -0.350 e. The molecule has 3 nitrogen and oxygen atoms in total. The van der Waals surface area contributed by atoms with Crippen molar-refractivity contribution < 1.29 is 4.79 Å². The van der Waals surface area contributed by atoms with Crippen LogP contribution < -0.4 is 11.1 Å². The summed E-state index contributed by atoms with van der Waals surface area (Å²) in [6.07, 6.45) is 1.51. The lowest BCUT2D eigenvalue weighted by molar-refractivity contribution is -0.119. The maximum atomic E-state index is 10.7. The number of amides is 1. The predicted molar refractivity (Wildman–Crippen MR) is 34.8 cm³/mol. The van der Waals surface area contributed by atoms with E-state index < -0.39 is 0 Å². The second kappa shape index (κ2) is 1.99. The van der Waals surface area contributed by atoms with Crippen molar-refractivity contribution in [1.82, 2.24) is 5.32 Å². The molecule has 3 N–H and O–H groups in total. The van der Waals surface area contributed by atoms with Crippen LogP contribution in [-0.2, 0) is 4.79 Å². The molecule has 3 heteroatoms. The van der Waals surface area contributed by atoms with Gasteiger partial charge in [-0.3, -0.25) is 4.79 Å². The predicted octanol–water partition coefficient (Wildman–Crippen LogP) is -0.386. The van der Waals surface area contributed by atoms with Gasteiger partial charge in [0.05, 0.1) is 0 Å². The number of carbonyl (C=O) groups excluding carboxylic acids is 1. The summed E-state index contributed by atoms with van der Waals surface area (Å²) in [5.41, 5.74) is 5.30. The molecule has 0 unspecified atom stereocenters. The Balaban J connectivity index is 2.54. The van der Waals surface area contributed by atoms with Crippen LogP contribution in [0.3, 0.4) is 0 Å². The zero-order valence-corrected chi connectivity index (χ0v) is 5.61. The van der Waals surface area contributed by atoms with Crippen LogP contribution >= 0.6 is 0 Å². The highest BCUT2D eigenvalue weighted by Gasteiger charge is 2.30. The Labute approximate surface area is 54.6 Å². The van der Waals surface area contributed by atoms with E-state index in [1.165, 1.54) is 0 Å². The number of carbonyl (C=O) groups is 1. The summed E-state index contributed by atoms with van der Waals surface area (Å²) in [5, 5.41) is 2.82. The summed E-state index contributed by atoms with van der Waals surface area (Å²) < 4.78 is 0. The average molecular weight is 128 g/mol. The largest absolute Gasteiger partial charge is 0.350 e. The van der Waals surface area contributed by atoms with Gasteiger partial charge in [-0.05, 0) is 13.3 Å². The molecule has 0 aromatic heterocycles. The number of nitrogens with two attached hydrogens (primary N) is 1. The zero-order valence-electron chi connectivity index (χ0n) is 5.61. The lowest BCUT2D eigenvalue weighted by atomic mass is 10.0. The summed E-state index contributed by atoms with van der Waals surface area (Å²) in [5.74, 6) is 0.128. The second-order valence-electron chi connectivity index (χ2n) is 2.81. The fraction of sp³-hybridized carbons (Fsp3) is 0.833. The second-order valence-corrected chi connectivity index (χ2v) is 2.81. The maximum Gasteiger partial charge on any atom is 0.220 e. The molecule has 0 aromatic carbocycles. The van der Waals surface area contributed by atoms with Gasteiger partial charge in [-0.2, -0.15) is 0 Å². The lowest BCUT2D eigenvalue weighted by Gasteiger charge is -2.20. The van der Waals surface area contributed by atoms with E-state index in [0.29, 0.717) is 13.0 Å². The first-order valence-electron chi connectivity index (χ1n) is 3.17. The fourth-order valence-electron chi connectivity index (χ4n) is 1.00. The van der Waals surface area contributed by atoms with Crippen molar-refractivity contribution in [2.24, 2.45) is 5.73 Å². The summed E-state index contributed by atoms with van der Waals surface area (Å²) >= 11 is 0. The Morgan fingerprint density at radius 3 is 2.78 bits per heavy atom. The molecule has 0 radical (unpaired) electrons. The fourth-order valence-corrected chi connectivity index (χ4v) is 1.00. The Morgan fingerprint density at radius 1 is 1.89 bits per heavy atom. The monoisotopic (exact) mass is 128 g/mol. The molecule has 1 amide bonds. The van der Waals surface area contributed by atoms with Crippen molar-refractivity contribution in [1.29, 1.82) is 0 Å². The molecule has 0 saturated carbocycles. The van der Waals surface area contributed by atoms with Crippen molar-refractivity contribution in [3.63, 3.8) is 0 Å². The van der Waals surface area contributed by atoms with Crippen LogP contribution in [0.5, 0.6) is 0 Å². The Bertz CT molecular complexity index is 135. The normalized spacial score (nSPS) is 34.7. The third-order valence-corrected chi connectivity index (χ3v) is 1.80. The molecular formula is C6H12N2O. The average Bonchev–Trinajstić information content (AvgIpc) is 2.13. The number of rotatable bonds is 1. The van der Waals surface area contributed by atoms with Crippen LogP contribution in [0.25, 0.3) is 0 Å². The van der Waals surface area contributed by atoms with E-state index in [1.807, 2.05) is 6.92 Å². The SMILES string of the molecule is C[C@@]1(CN)CCC(=O)N1. The molecule has 0 aliphatic carbocycles. The van der Waals surface area contributed by atoms with Crippen molar-refractivity contribution in [2.75, 3.05) is 6.54 Å². The van der Waals surface area contributed by atoms with E-state index in [9.17, 15) is 4.79 Å². The minimum absolute atomic E-state index is 0.114.